The van der Waals surface area contributed by atoms with Crippen molar-refractivity contribution in [1.29, 1.82) is 0 Å². The molecule has 2 heterocycles. The molecule has 1 N–H and O–H groups in total. The van der Waals surface area contributed by atoms with Crippen LogP contribution in [0.5, 0.6) is 0 Å². The Hall–Kier alpha value is -1.75. The predicted molar refractivity (Wildman–Crippen MR) is 64.3 cm³/mol. The SMILES string of the molecule is O=C1CSC2=NC(c3ccccc3)=CNN12. The molecular formula is C11H9N3OS. The average Bonchev–Trinajstić information content (AvgIpc) is 2.72. The second kappa shape index (κ2) is 3.68. The Morgan fingerprint density at radius 3 is 2.94 bits per heavy atom. The van der Waals surface area contributed by atoms with Crippen LogP contribution in [0.3, 0.4) is 0 Å². The lowest BCUT2D eigenvalue weighted by Crippen LogP contribution is -2.40. The number of benzene rings is 1. The summed E-state index contributed by atoms with van der Waals surface area (Å²) in [6.07, 6.45) is 1.75. The van der Waals surface area contributed by atoms with Crippen molar-refractivity contribution in [3.63, 3.8) is 0 Å². The van der Waals surface area contributed by atoms with E-state index in [2.05, 4.69) is 10.4 Å². The van der Waals surface area contributed by atoms with E-state index in [4.69, 9.17) is 0 Å². The zero-order valence-corrected chi connectivity index (χ0v) is 9.20. The highest BCUT2D eigenvalue weighted by molar-refractivity contribution is 8.15. The quantitative estimate of drug-likeness (QED) is 0.795. The molecule has 0 bridgehead atoms. The van der Waals surface area contributed by atoms with Crippen molar-refractivity contribution in [3.8, 4) is 0 Å². The van der Waals surface area contributed by atoms with Crippen LogP contribution in [0, 0.1) is 0 Å². The second-order valence-corrected chi connectivity index (χ2v) is 4.38. The zero-order valence-electron chi connectivity index (χ0n) is 8.38. The fraction of sp³-hybridized carbons (Fsp3) is 0.0909. The molecule has 2 aliphatic heterocycles. The Balaban J connectivity index is 1.94. The monoisotopic (exact) mass is 231 g/mol. The van der Waals surface area contributed by atoms with Gasteiger partial charge in [0.2, 0.25) is 0 Å². The summed E-state index contributed by atoms with van der Waals surface area (Å²) in [6, 6.07) is 9.89. The number of aliphatic imine (C=N–C) groups is 1. The summed E-state index contributed by atoms with van der Waals surface area (Å²) in [4.78, 5) is 15.8. The smallest absolute Gasteiger partial charge is 0.257 e. The minimum Gasteiger partial charge on any atom is -0.295 e. The highest BCUT2D eigenvalue weighted by Crippen LogP contribution is 2.25. The van der Waals surface area contributed by atoms with E-state index in [0.29, 0.717) is 5.75 Å². The summed E-state index contributed by atoms with van der Waals surface area (Å²) in [5.41, 5.74) is 4.85. The normalized spacial score (nSPS) is 18.8. The van der Waals surface area contributed by atoms with Crippen molar-refractivity contribution in [1.82, 2.24) is 10.4 Å². The molecule has 0 aromatic heterocycles. The molecule has 16 heavy (non-hydrogen) atoms. The van der Waals surface area contributed by atoms with Gasteiger partial charge in [-0.05, 0) is 0 Å². The van der Waals surface area contributed by atoms with Crippen LogP contribution >= 0.6 is 11.8 Å². The van der Waals surface area contributed by atoms with Crippen LogP contribution in [0.25, 0.3) is 5.70 Å². The van der Waals surface area contributed by atoms with E-state index in [1.54, 1.807) is 6.20 Å². The van der Waals surface area contributed by atoms with E-state index >= 15 is 0 Å². The number of nitrogens with zero attached hydrogens (tertiary/aromatic N) is 2. The van der Waals surface area contributed by atoms with Crippen LogP contribution in [-0.2, 0) is 4.79 Å². The first-order valence-corrected chi connectivity index (χ1v) is 5.89. The van der Waals surface area contributed by atoms with Gasteiger partial charge in [-0.15, -0.1) is 0 Å². The molecule has 0 spiro atoms. The van der Waals surface area contributed by atoms with Crippen LogP contribution in [0.1, 0.15) is 5.56 Å². The lowest BCUT2D eigenvalue weighted by molar-refractivity contribution is -0.125. The first-order chi connectivity index (χ1) is 7.84. The van der Waals surface area contributed by atoms with Gasteiger partial charge >= 0.3 is 0 Å². The molecular weight excluding hydrogens is 222 g/mol. The van der Waals surface area contributed by atoms with Gasteiger partial charge in [0.1, 0.15) is 0 Å². The maximum absolute atomic E-state index is 11.4. The predicted octanol–water partition coefficient (Wildman–Crippen LogP) is 1.43. The number of hydrazine groups is 1. The number of amidine groups is 1. The Morgan fingerprint density at radius 1 is 1.31 bits per heavy atom. The number of amides is 1. The van der Waals surface area contributed by atoms with Gasteiger partial charge in [0.15, 0.2) is 5.17 Å². The number of rotatable bonds is 1. The number of thioether (sulfide) groups is 1. The summed E-state index contributed by atoms with van der Waals surface area (Å²) in [6.45, 7) is 0. The van der Waals surface area contributed by atoms with E-state index in [9.17, 15) is 4.79 Å². The van der Waals surface area contributed by atoms with Crippen molar-refractivity contribution in [2.75, 3.05) is 5.75 Å². The van der Waals surface area contributed by atoms with Gasteiger partial charge in [-0.2, -0.15) is 5.01 Å². The molecule has 80 valence electrons. The van der Waals surface area contributed by atoms with Crippen molar-refractivity contribution in [2.45, 2.75) is 0 Å². The highest BCUT2D eigenvalue weighted by atomic mass is 32.2. The third-order valence-electron chi connectivity index (χ3n) is 2.38. The molecule has 4 nitrogen and oxygen atoms in total. The fourth-order valence-corrected chi connectivity index (χ4v) is 2.42. The summed E-state index contributed by atoms with van der Waals surface area (Å²) < 4.78 is 0. The minimum absolute atomic E-state index is 0.0483. The first-order valence-electron chi connectivity index (χ1n) is 4.91. The zero-order chi connectivity index (χ0) is 11.0. The molecule has 1 saturated heterocycles. The van der Waals surface area contributed by atoms with Gasteiger partial charge in [0, 0.05) is 11.8 Å². The lowest BCUT2D eigenvalue weighted by atomic mass is 10.2. The van der Waals surface area contributed by atoms with Crippen molar-refractivity contribution in [2.24, 2.45) is 4.99 Å². The van der Waals surface area contributed by atoms with Crippen LogP contribution in [-0.4, -0.2) is 21.8 Å². The largest absolute Gasteiger partial charge is 0.295 e. The van der Waals surface area contributed by atoms with Gasteiger partial charge in [-0.25, -0.2) is 4.99 Å². The van der Waals surface area contributed by atoms with Gasteiger partial charge in [-0.3, -0.25) is 10.2 Å². The summed E-state index contributed by atoms with van der Waals surface area (Å²) in [5, 5.41) is 2.21. The second-order valence-electron chi connectivity index (χ2n) is 3.44. The third-order valence-corrected chi connectivity index (χ3v) is 3.30. The minimum atomic E-state index is 0.0483. The Kier molecular flexibility index (Phi) is 2.18. The maximum atomic E-state index is 11.4. The molecule has 0 radical (unpaired) electrons. The summed E-state index contributed by atoms with van der Waals surface area (Å²) >= 11 is 1.46. The molecule has 1 fully saturated rings. The Bertz CT molecular complexity index is 495. The molecule has 0 saturated carbocycles. The van der Waals surface area contributed by atoms with Crippen LogP contribution in [0.15, 0.2) is 41.5 Å². The molecule has 3 rings (SSSR count). The first kappa shape index (κ1) is 9.47. The maximum Gasteiger partial charge on any atom is 0.257 e. The topological polar surface area (TPSA) is 44.7 Å². The van der Waals surface area contributed by atoms with Crippen molar-refractivity contribution in [3.05, 3.63) is 42.1 Å². The lowest BCUT2D eigenvalue weighted by Gasteiger charge is -2.20. The molecule has 1 aromatic carbocycles. The number of nitrogens with one attached hydrogen (secondary N) is 1. The highest BCUT2D eigenvalue weighted by Gasteiger charge is 2.30. The van der Waals surface area contributed by atoms with E-state index in [-0.39, 0.29) is 5.91 Å². The van der Waals surface area contributed by atoms with Gasteiger partial charge in [0.05, 0.1) is 11.4 Å². The molecule has 0 aliphatic carbocycles. The number of fused-ring (bicyclic) bond motifs is 1. The molecule has 2 aliphatic rings. The van der Waals surface area contributed by atoms with E-state index < -0.39 is 0 Å². The average molecular weight is 231 g/mol. The van der Waals surface area contributed by atoms with Crippen LogP contribution in [0.4, 0.5) is 0 Å². The Labute approximate surface area is 97.0 Å². The summed E-state index contributed by atoms with van der Waals surface area (Å²) in [7, 11) is 0. The molecule has 1 aromatic rings. The fourth-order valence-electron chi connectivity index (χ4n) is 1.59. The third kappa shape index (κ3) is 1.49. The van der Waals surface area contributed by atoms with Gasteiger partial charge in [-0.1, -0.05) is 42.1 Å². The van der Waals surface area contributed by atoms with Crippen molar-refractivity contribution < 1.29 is 4.79 Å². The van der Waals surface area contributed by atoms with E-state index in [1.165, 1.54) is 16.8 Å². The number of carbonyl (C=O) groups is 1. The standard InChI is InChI=1S/C11H9N3OS/c15-10-7-16-11-13-9(6-12-14(10)11)8-4-2-1-3-5-8/h1-6,12H,7H2. The molecule has 5 heteroatoms. The molecule has 0 unspecified atom stereocenters. The number of hydrogen-bond donors (Lipinski definition) is 1. The number of carbonyl (C=O) groups excluding carboxylic acids is 1. The van der Waals surface area contributed by atoms with Gasteiger partial charge in [0.25, 0.3) is 5.91 Å². The summed E-state index contributed by atoms with van der Waals surface area (Å²) in [5.74, 6) is 0.508. The Morgan fingerprint density at radius 2 is 2.12 bits per heavy atom. The van der Waals surface area contributed by atoms with Crippen LogP contribution in [0.2, 0.25) is 0 Å². The van der Waals surface area contributed by atoms with E-state index in [1.807, 2.05) is 30.3 Å². The van der Waals surface area contributed by atoms with Gasteiger partial charge < -0.3 is 0 Å². The molecule has 1 amide bonds. The van der Waals surface area contributed by atoms with E-state index in [0.717, 1.165) is 16.4 Å². The molecule has 0 atom stereocenters. The number of hydrogen-bond acceptors (Lipinski definition) is 4. The van der Waals surface area contributed by atoms with Crippen LogP contribution < -0.4 is 5.43 Å². The van der Waals surface area contributed by atoms with Crippen molar-refractivity contribution >= 4 is 28.5 Å².